The molecule has 0 bridgehead atoms. The van der Waals surface area contributed by atoms with Gasteiger partial charge in [-0.3, -0.25) is 0 Å². The molecule has 0 spiro atoms. The van der Waals surface area contributed by atoms with Crippen molar-refractivity contribution < 1.29 is 9.47 Å². The lowest BCUT2D eigenvalue weighted by Crippen LogP contribution is -2.49. The van der Waals surface area contributed by atoms with Crippen molar-refractivity contribution in [3.8, 4) is 11.5 Å². The van der Waals surface area contributed by atoms with Gasteiger partial charge in [0.05, 0.1) is 24.3 Å². The lowest BCUT2D eigenvalue weighted by Gasteiger charge is -2.33. The van der Waals surface area contributed by atoms with Gasteiger partial charge in [0.25, 0.3) is 0 Å². The third-order valence-electron chi connectivity index (χ3n) is 3.68. The molecule has 0 aliphatic carbocycles. The minimum atomic E-state index is 0.468. The highest BCUT2D eigenvalue weighted by Gasteiger charge is 2.20. The number of anilines is 1. The van der Waals surface area contributed by atoms with E-state index in [2.05, 4.69) is 43.0 Å². The first-order valence-corrected chi connectivity index (χ1v) is 9.52. The third-order valence-corrected chi connectivity index (χ3v) is 4.69. The van der Waals surface area contributed by atoms with Crippen LogP contribution in [-0.4, -0.2) is 49.9 Å². The lowest BCUT2D eigenvalue weighted by molar-refractivity contribution is 0.407. The van der Waals surface area contributed by atoms with Crippen molar-refractivity contribution in [3.63, 3.8) is 0 Å². The van der Waals surface area contributed by atoms with E-state index in [9.17, 15) is 0 Å². The Kier molecular flexibility index (Phi) is 8.21. The molecule has 2 aromatic heterocycles. The number of nitrogens with zero attached hydrogens (tertiary/aromatic N) is 3. The molecular weight excluding hydrogens is 443 g/mol. The summed E-state index contributed by atoms with van der Waals surface area (Å²) in [4.78, 5) is 10.5. The van der Waals surface area contributed by atoms with Gasteiger partial charge in [0, 0.05) is 50.2 Å². The summed E-state index contributed by atoms with van der Waals surface area (Å²) in [7, 11) is 3.21. The van der Waals surface area contributed by atoms with Crippen LogP contribution in [0.5, 0.6) is 11.5 Å². The standard InChI is InChI=1S/C11H16ClN3O.C6H5BrClNO/c1-8-7-15(4-3-13-8)11-10(16-2)5-9(12)6-14-11;1-10-5-2-4(8)3-9-6(5)7/h5-6,8,13H,3-4,7H2,1-2H3;2-3H,1H3. The van der Waals surface area contributed by atoms with Gasteiger partial charge in [0.2, 0.25) is 0 Å². The summed E-state index contributed by atoms with van der Waals surface area (Å²) in [6.07, 6.45) is 3.21. The van der Waals surface area contributed by atoms with Crippen LogP contribution in [0.3, 0.4) is 0 Å². The minimum Gasteiger partial charge on any atom is -0.494 e. The van der Waals surface area contributed by atoms with Gasteiger partial charge in [0.15, 0.2) is 17.3 Å². The van der Waals surface area contributed by atoms with Gasteiger partial charge >= 0.3 is 0 Å². The van der Waals surface area contributed by atoms with Crippen molar-refractivity contribution in [1.29, 1.82) is 0 Å². The third kappa shape index (κ3) is 5.87. The van der Waals surface area contributed by atoms with E-state index in [1.165, 1.54) is 0 Å². The molecule has 1 unspecified atom stereocenters. The van der Waals surface area contributed by atoms with Crippen LogP contribution < -0.4 is 19.7 Å². The molecule has 1 saturated heterocycles. The molecule has 1 aliphatic rings. The summed E-state index contributed by atoms with van der Waals surface area (Å²) in [5.74, 6) is 2.26. The molecule has 1 atom stereocenters. The van der Waals surface area contributed by atoms with E-state index in [-0.39, 0.29) is 0 Å². The van der Waals surface area contributed by atoms with E-state index in [4.69, 9.17) is 32.7 Å². The Morgan fingerprint density at radius 1 is 1.12 bits per heavy atom. The van der Waals surface area contributed by atoms with Gasteiger partial charge in [-0.2, -0.15) is 0 Å². The van der Waals surface area contributed by atoms with Crippen molar-refractivity contribution in [1.82, 2.24) is 15.3 Å². The predicted molar refractivity (Wildman–Crippen MR) is 109 cm³/mol. The average molecular weight is 464 g/mol. The largest absolute Gasteiger partial charge is 0.494 e. The zero-order chi connectivity index (χ0) is 19.1. The highest BCUT2D eigenvalue weighted by Crippen LogP contribution is 2.29. The molecule has 1 fully saturated rings. The zero-order valence-electron chi connectivity index (χ0n) is 14.8. The summed E-state index contributed by atoms with van der Waals surface area (Å²) >= 11 is 14.7. The van der Waals surface area contributed by atoms with Gasteiger partial charge in [-0.15, -0.1) is 0 Å². The Balaban J connectivity index is 0.000000209. The summed E-state index contributed by atoms with van der Waals surface area (Å²) in [5, 5.41) is 4.56. The number of pyridine rings is 2. The van der Waals surface area contributed by atoms with Crippen molar-refractivity contribution in [3.05, 3.63) is 39.2 Å². The van der Waals surface area contributed by atoms with Crippen molar-refractivity contribution in [2.24, 2.45) is 0 Å². The number of ether oxygens (including phenoxy) is 2. The van der Waals surface area contributed by atoms with Crippen LogP contribution in [0.1, 0.15) is 6.92 Å². The molecule has 26 heavy (non-hydrogen) atoms. The molecule has 3 rings (SSSR count). The van der Waals surface area contributed by atoms with Crippen LogP contribution in [0.15, 0.2) is 29.1 Å². The summed E-state index contributed by atoms with van der Waals surface area (Å²) in [6, 6.07) is 3.96. The Bertz CT molecular complexity index is 736. The smallest absolute Gasteiger partial charge is 0.171 e. The SMILES string of the molecule is COc1cc(Cl)cnc1Br.COc1cc(Cl)cnc1N1CCNC(C)C1. The van der Waals surface area contributed by atoms with E-state index in [0.717, 1.165) is 31.2 Å². The first-order chi connectivity index (χ1) is 12.4. The van der Waals surface area contributed by atoms with Gasteiger partial charge in [0.1, 0.15) is 4.60 Å². The Morgan fingerprint density at radius 3 is 2.31 bits per heavy atom. The van der Waals surface area contributed by atoms with E-state index in [1.54, 1.807) is 38.7 Å². The lowest BCUT2D eigenvalue weighted by atomic mass is 10.2. The fourth-order valence-corrected chi connectivity index (χ4v) is 3.15. The van der Waals surface area contributed by atoms with Crippen LogP contribution in [-0.2, 0) is 0 Å². The average Bonchev–Trinajstić information content (AvgIpc) is 2.64. The fourth-order valence-electron chi connectivity index (χ4n) is 2.47. The van der Waals surface area contributed by atoms with Gasteiger partial charge in [-0.1, -0.05) is 23.2 Å². The van der Waals surface area contributed by atoms with E-state index in [1.807, 2.05) is 0 Å². The number of rotatable bonds is 3. The number of piperazine rings is 1. The minimum absolute atomic E-state index is 0.468. The molecule has 0 amide bonds. The molecule has 3 heterocycles. The highest BCUT2D eigenvalue weighted by atomic mass is 79.9. The second kappa shape index (κ2) is 10.2. The quantitative estimate of drug-likeness (QED) is 0.693. The summed E-state index contributed by atoms with van der Waals surface area (Å²) < 4.78 is 10.9. The Morgan fingerprint density at radius 2 is 1.73 bits per heavy atom. The molecule has 6 nitrogen and oxygen atoms in total. The van der Waals surface area contributed by atoms with Crippen LogP contribution in [0.4, 0.5) is 5.82 Å². The molecular formula is C17H21BrCl2N4O2. The van der Waals surface area contributed by atoms with Crippen molar-refractivity contribution in [2.75, 3.05) is 38.8 Å². The molecule has 142 valence electrons. The second-order valence-electron chi connectivity index (χ2n) is 5.63. The fraction of sp³-hybridized carbons (Fsp3) is 0.412. The first-order valence-electron chi connectivity index (χ1n) is 7.97. The normalized spacial score (nSPS) is 16.5. The van der Waals surface area contributed by atoms with Crippen LogP contribution in [0.25, 0.3) is 0 Å². The monoisotopic (exact) mass is 462 g/mol. The van der Waals surface area contributed by atoms with Gasteiger partial charge < -0.3 is 19.7 Å². The van der Waals surface area contributed by atoms with E-state index < -0.39 is 0 Å². The molecule has 1 aliphatic heterocycles. The number of halogens is 3. The molecule has 1 N–H and O–H groups in total. The maximum Gasteiger partial charge on any atom is 0.171 e. The van der Waals surface area contributed by atoms with Crippen molar-refractivity contribution >= 4 is 44.9 Å². The summed E-state index contributed by atoms with van der Waals surface area (Å²) in [5.41, 5.74) is 0. The highest BCUT2D eigenvalue weighted by molar-refractivity contribution is 9.10. The van der Waals surface area contributed by atoms with E-state index >= 15 is 0 Å². The maximum absolute atomic E-state index is 5.89. The topological polar surface area (TPSA) is 59.5 Å². The van der Waals surface area contributed by atoms with Crippen LogP contribution in [0.2, 0.25) is 10.0 Å². The predicted octanol–water partition coefficient (Wildman–Crippen LogP) is 4.05. The molecule has 0 radical (unpaired) electrons. The van der Waals surface area contributed by atoms with Crippen LogP contribution >= 0.6 is 39.1 Å². The maximum atomic E-state index is 5.89. The van der Waals surface area contributed by atoms with Crippen LogP contribution in [0, 0.1) is 0 Å². The number of nitrogens with one attached hydrogen (secondary N) is 1. The zero-order valence-corrected chi connectivity index (χ0v) is 17.9. The second-order valence-corrected chi connectivity index (χ2v) is 7.25. The number of hydrogen-bond acceptors (Lipinski definition) is 6. The molecule has 9 heteroatoms. The number of methoxy groups -OCH3 is 2. The Labute approximate surface area is 171 Å². The molecule has 0 aromatic carbocycles. The molecule has 0 saturated carbocycles. The van der Waals surface area contributed by atoms with E-state index in [0.29, 0.717) is 26.4 Å². The van der Waals surface area contributed by atoms with Crippen molar-refractivity contribution in [2.45, 2.75) is 13.0 Å². The van der Waals surface area contributed by atoms with Gasteiger partial charge in [-0.05, 0) is 22.9 Å². The number of hydrogen-bond donors (Lipinski definition) is 1. The Hall–Kier alpha value is -1.28. The molecule has 2 aromatic rings. The van der Waals surface area contributed by atoms with Gasteiger partial charge in [-0.25, -0.2) is 9.97 Å². The number of aromatic nitrogens is 2. The summed E-state index contributed by atoms with van der Waals surface area (Å²) in [6.45, 7) is 5.00. The first kappa shape index (κ1) is 21.0.